The van der Waals surface area contributed by atoms with Crippen LogP contribution < -0.4 is 0 Å². The molecule has 0 radical (unpaired) electrons. The summed E-state index contributed by atoms with van der Waals surface area (Å²) in [7, 11) is -5.47. The van der Waals surface area contributed by atoms with Crippen LogP contribution in [0.15, 0.2) is 72.9 Å². The molecule has 1 saturated carbocycles. The molecule has 1 unspecified atom stereocenters. The van der Waals surface area contributed by atoms with Gasteiger partial charge in [-0.25, -0.2) is 4.57 Å². The molecule has 0 aromatic carbocycles. The van der Waals surface area contributed by atoms with Crippen molar-refractivity contribution in [1.29, 1.82) is 0 Å². The number of allylic oxidation sites excluding steroid dienone is 10. The maximum Gasteiger partial charge on any atom is 0.472 e. The SMILES string of the molecule is CC/C=C\C/C=C\C/C=C\C/C=C\CCCCCCC(=O)OC[C@@H]1COP(=O)(O)O[C@H]2[C@H](O)[C@@H](O)[C@H](O)[C@@H](C/C=C\CCCC(=O)O1)[C@@H](O)CC(=O)[C@H](/C=C/[C@@H](O)CCCCC)[C@@H](O)[C@H]2O. The lowest BCUT2D eigenvalue weighted by Gasteiger charge is -2.36. The molecular formula is C49H79O16P. The van der Waals surface area contributed by atoms with Gasteiger partial charge in [-0.1, -0.05) is 119 Å². The van der Waals surface area contributed by atoms with Gasteiger partial charge in [-0.3, -0.25) is 23.4 Å². The molecule has 1 aliphatic heterocycles. The standard InChI is InChI=1S/C49H79O16P/c1-3-5-7-8-9-10-11-12-13-14-15-16-17-18-19-20-25-29-42(53)62-34-37-35-63-66(60,61)65-49-47(58)45(56)39(32-31-36(50)27-23-6-4-2)41(52)33-40(51)38(44(55)46(57)48(49)59)28-24-21-22-26-30-43(54)64-37/h5,7,9-10,12-13,15-16,21,24,31-32,36-40,44-51,55-59H,3-4,6,8,11,14,17-20,22-23,25-30,33-35H2,1-2H3,(H,60,61)/b7-5-,10-9-,13-12-,16-15-,24-21-,32-31+/t36-,37+,38-,39-,40-,44+,45+,46-,47+,48+,49+/m0/s1. The highest BCUT2D eigenvalue weighted by atomic mass is 31.2. The van der Waals surface area contributed by atoms with Crippen LogP contribution >= 0.6 is 7.82 Å². The number of hydrogen-bond donors (Lipinski definition) is 8. The topological polar surface area (TPSA) is 267 Å². The van der Waals surface area contributed by atoms with Gasteiger partial charge < -0.3 is 50.1 Å². The summed E-state index contributed by atoms with van der Waals surface area (Å²) in [5, 5.41) is 78.3. The van der Waals surface area contributed by atoms with Crippen LogP contribution in [0.1, 0.15) is 136 Å². The van der Waals surface area contributed by atoms with Crippen molar-refractivity contribution in [2.45, 2.75) is 191 Å². The van der Waals surface area contributed by atoms with E-state index in [2.05, 4.69) is 55.5 Å². The number of aliphatic hydroxyl groups excluding tert-OH is 7. The van der Waals surface area contributed by atoms with Crippen LogP contribution in [0.25, 0.3) is 0 Å². The first-order valence-electron chi connectivity index (χ1n) is 23.8. The number of carbonyl (C=O) groups excluding carboxylic acids is 3. The highest BCUT2D eigenvalue weighted by molar-refractivity contribution is 7.47. The summed E-state index contributed by atoms with van der Waals surface area (Å²) < 4.78 is 34.6. The van der Waals surface area contributed by atoms with E-state index in [9.17, 15) is 59.6 Å². The molecule has 0 aromatic heterocycles. The average Bonchev–Trinajstić information content (AvgIpc) is 3.28. The maximum absolute atomic E-state index is 13.7. The highest BCUT2D eigenvalue weighted by Crippen LogP contribution is 2.47. The van der Waals surface area contributed by atoms with E-state index in [0.29, 0.717) is 25.7 Å². The van der Waals surface area contributed by atoms with Crippen molar-refractivity contribution in [3.05, 3.63) is 72.9 Å². The molecule has 2 rings (SSSR count). The highest BCUT2D eigenvalue weighted by Gasteiger charge is 2.49. The quantitative estimate of drug-likeness (QED) is 0.0264. The molecule has 1 aliphatic carbocycles. The Labute approximate surface area is 391 Å². The predicted molar refractivity (Wildman–Crippen MR) is 249 cm³/mol. The van der Waals surface area contributed by atoms with Crippen LogP contribution in [0.5, 0.6) is 0 Å². The van der Waals surface area contributed by atoms with Crippen molar-refractivity contribution in [2.75, 3.05) is 13.2 Å². The minimum absolute atomic E-state index is 0.0712. The number of cyclic esters (lactones) is 1. The number of carbonyl (C=O) groups is 3. The van der Waals surface area contributed by atoms with Gasteiger partial charge in [0.15, 0.2) is 6.10 Å². The molecule has 12 atom stereocenters. The van der Waals surface area contributed by atoms with Crippen LogP contribution in [0.3, 0.4) is 0 Å². The summed E-state index contributed by atoms with van der Waals surface area (Å²) in [5.41, 5.74) is 0. The van der Waals surface area contributed by atoms with E-state index < -0.39 is 112 Å². The third kappa shape index (κ3) is 24.2. The van der Waals surface area contributed by atoms with E-state index in [1.54, 1.807) is 12.2 Å². The minimum Gasteiger partial charge on any atom is -0.462 e. The van der Waals surface area contributed by atoms with Gasteiger partial charge in [0.2, 0.25) is 0 Å². The fraction of sp³-hybridized carbons (Fsp3) is 0.694. The van der Waals surface area contributed by atoms with E-state index in [-0.39, 0.29) is 25.7 Å². The number of fused-ring (bicyclic) bond motifs is 4. The lowest BCUT2D eigenvalue weighted by molar-refractivity contribution is -0.166. The van der Waals surface area contributed by atoms with Crippen LogP contribution in [-0.4, -0.2) is 127 Å². The first kappa shape index (κ1) is 59.0. The zero-order valence-electron chi connectivity index (χ0n) is 38.9. The minimum atomic E-state index is -5.47. The Kier molecular flexibility index (Phi) is 30.6. The number of phosphoric ester groups is 1. The second-order valence-electron chi connectivity index (χ2n) is 17.0. The average molecular weight is 955 g/mol. The number of hydrogen-bond acceptors (Lipinski definition) is 15. The molecule has 0 spiro atoms. The Hall–Kier alpha value is -3.12. The second-order valence-corrected chi connectivity index (χ2v) is 18.4. The molecule has 2 bridgehead atoms. The smallest absolute Gasteiger partial charge is 0.462 e. The van der Waals surface area contributed by atoms with Crippen LogP contribution in [0, 0.1) is 11.8 Å². The number of esters is 2. The number of ether oxygens (including phenoxy) is 2. The number of phosphoric acid groups is 1. The van der Waals surface area contributed by atoms with Crippen LogP contribution in [-0.2, 0) is 37.5 Å². The summed E-state index contributed by atoms with van der Waals surface area (Å²) in [5.74, 6) is -5.18. The fourth-order valence-corrected chi connectivity index (χ4v) is 8.43. The molecule has 0 saturated heterocycles. The van der Waals surface area contributed by atoms with Crippen LogP contribution in [0.4, 0.5) is 0 Å². The molecule has 66 heavy (non-hydrogen) atoms. The van der Waals surface area contributed by atoms with Crippen LogP contribution in [0.2, 0.25) is 0 Å². The summed E-state index contributed by atoms with van der Waals surface area (Å²) >= 11 is 0. The van der Waals surface area contributed by atoms with Gasteiger partial charge in [-0.2, -0.15) is 0 Å². The lowest BCUT2D eigenvalue weighted by atomic mass is 9.83. The number of aliphatic hydroxyl groups is 7. The van der Waals surface area contributed by atoms with Gasteiger partial charge in [0.25, 0.3) is 0 Å². The van der Waals surface area contributed by atoms with E-state index in [4.69, 9.17) is 18.5 Å². The third-order valence-corrected chi connectivity index (χ3v) is 12.4. The van der Waals surface area contributed by atoms with E-state index in [1.165, 1.54) is 6.08 Å². The first-order valence-corrected chi connectivity index (χ1v) is 25.3. The normalized spacial score (nSPS) is 31.4. The summed E-state index contributed by atoms with van der Waals surface area (Å²) in [6.45, 7) is 2.65. The number of Topliss-reactive ketones (excluding diaryl/α,β-unsaturated/α-hetero) is 1. The van der Waals surface area contributed by atoms with Crippen molar-refractivity contribution >= 4 is 25.5 Å². The zero-order valence-corrected chi connectivity index (χ0v) is 39.8. The van der Waals surface area contributed by atoms with Crippen molar-refractivity contribution in [3.8, 4) is 0 Å². The van der Waals surface area contributed by atoms with E-state index >= 15 is 0 Å². The van der Waals surface area contributed by atoms with E-state index in [1.807, 2.05) is 6.92 Å². The molecule has 16 nitrogen and oxygen atoms in total. The van der Waals surface area contributed by atoms with Crippen molar-refractivity contribution in [3.63, 3.8) is 0 Å². The third-order valence-electron chi connectivity index (χ3n) is 11.4. The molecule has 1 fully saturated rings. The molecule has 2 aliphatic rings. The van der Waals surface area contributed by atoms with Gasteiger partial charge in [0, 0.05) is 25.2 Å². The monoisotopic (exact) mass is 955 g/mol. The van der Waals surface area contributed by atoms with Gasteiger partial charge in [0.1, 0.15) is 36.8 Å². The van der Waals surface area contributed by atoms with Gasteiger partial charge >= 0.3 is 19.8 Å². The van der Waals surface area contributed by atoms with Gasteiger partial charge in [0.05, 0.1) is 36.9 Å². The van der Waals surface area contributed by atoms with Crippen molar-refractivity contribution in [2.24, 2.45) is 11.8 Å². The van der Waals surface area contributed by atoms with Gasteiger partial charge in [-0.15, -0.1) is 0 Å². The number of ketones is 1. The van der Waals surface area contributed by atoms with Crippen molar-refractivity contribution in [1.82, 2.24) is 0 Å². The Morgan fingerprint density at radius 2 is 1.47 bits per heavy atom. The molecule has 0 aromatic rings. The second kappa shape index (κ2) is 34.2. The number of unbranched alkanes of at least 4 members (excludes halogenated alkanes) is 6. The molecule has 17 heteroatoms. The molecule has 376 valence electrons. The zero-order chi connectivity index (χ0) is 48.7. The van der Waals surface area contributed by atoms with Gasteiger partial charge in [-0.05, 0) is 70.6 Å². The fourth-order valence-electron chi connectivity index (χ4n) is 7.46. The largest absolute Gasteiger partial charge is 0.472 e. The van der Waals surface area contributed by atoms with E-state index in [0.717, 1.165) is 70.3 Å². The predicted octanol–water partition coefficient (Wildman–Crippen LogP) is 6.09. The molecule has 1 heterocycles. The summed E-state index contributed by atoms with van der Waals surface area (Å²) in [6.07, 6.45) is 15.0. The summed E-state index contributed by atoms with van der Waals surface area (Å²) in [4.78, 5) is 50.1. The Morgan fingerprint density at radius 1 is 0.818 bits per heavy atom. The molecular weight excluding hydrogens is 875 g/mol. The number of rotatable bonds is 22. The molecule has 0 amide bonds. The van der Waals surface area contributed by atoms with Crippen molar-refractivity contribution < 1.29 is 78.1 Å². The molecule has 8 N–H and O–H groups in total. The Bertz CT molecular complexity index is 1610. The lowest BCUT2D eigenvalue weighted by Crippen LogP contribution is -2.55. The maximum atomic E-state index is 13.7. The summed E-state index contributed by atoms with van der Waals surface area (Å²) in [6, 6.07) is 0. The Balaban J connectivity index is 2.13. The Morgan fingerprint density at radius 3 is 2.15 bits per heavy atom. The first-order chi connectivity index (χ1) is 31.6.